The van der Waals surface area contributed by atoms with E-state index in [-0.39, 0.29) is 5.52 Å². The number of nitrogens with zero attached hydrogens (tertiary/aromatic N) is 1. The van der Waals surface area contributed by atoms with Gasteiger partial charge in [-0.15, -0.1) is 0 Å². The van der Waals surface area contributed by atoms with Crippen molar-refractivity contribution in [1.29, 1.82) is 0 Å². The lowest BCUT2D eigenvalue weighted by Crippen LogP contribution is -2.19. The third-order valence-corrected chi connectivity index (χ3v) is 2.88. The van der Waals surface area contributed by atoms with Crippen molar-refractivity contribution in [3.63, 3.8) is 0 Å². The number of carboxylic acids is 1. The fourth-order valence-corrected chi connectivity index (χ4v) is 2.26. The van der Waals surface area contributed by atoms with Gasteiger partial charge in [-0.05, 0) is 12.1 Å². The quantitative estimate of drug-likeness (QED) is 0.840. The normalized spacial score (nSPS) is 10.7. The molecule has 1 heterocycles. The van der Waals surface area contributed by atoms with Gasteiger partial charge in [-0.25, -0.2) is 4.39 Å². The van der Waals surface area contributed by atoms with E-state index in [0.717, 1.165) is 15.9 Å². The van der Waals surface area contributed by atoms with E-state index in [2.05, 4.69) is 0 Å². The van der Waals surface area contributed by atoms with Gasteiger partial charge in [-0.2, -0.15) is 0 Å². The summed E-state index contributed by atoms with van der Waals surface area (Å²) < 4.78 is 14.8. The van der Waals surface area contributed by atoms with Crippen LogP contribution in [0.25, 0.3) is 10.2 Å². The summed E-state index contributed by atoms with van der Waals surface area (Å²) in [5.74, 6) is -1.74. The Morgan fingerprint density at radius 2 is 2.27 bits per heavy atom. The van der Waals surface area contributed by atoms with Crippen molar-refractivity contribution in [2.24, 2.45) is 0 Å². The van der Waals surface area contributed by atoms with Crippen LogP contribution in [0.2, 0.25) is 0 Å². The van der Waals surface area contributed by atoms with Gasteiger partial charge in [0.15, 0.2) is 0 Å². The Morgan fingerprint density at radius 1 is 1.53 bits per heavy atom. The monoisotopic (exact) mass is 227 g/mol. The largest absolute Gasteiger partial charge is 0.480 e. The fourth-order valence-electron chi connectivity index (χ4n) is 1.36. The second-order valence-corrected chi connectivity index (χ2v) is 3.93. The number of aliphatic carboxylic acids is 1. The maximum Gasteiger partial charge on any atom is 0.323 e. The summed E-state index contributed by atoms with van der Waals surface area (Å²) in [5.41, 5.74) is 0.0647. The van der Waals surface area contributed by atoms with Crippen LogP contribution in [-0.2, 0) is 11.3 Å². The number of carboxylic acid groups (broad SMARTS) is 1. The summed E-state index contributed by atoms with van der Waals surface area (Å²) in [5, 5.41) is 8.58. The van der Waals surface area contributed by atoms with Crippen LogP contribution in [0.4, 0.5) is 4.39 Å². The Bertz CT molecular complexity index is 587. The SMILES string of the molecule is O=C(O)Cn1c(=O)sc2cccc(F)c21. The molecule has 0 saturated heterocycles. The van der Waals surface area contributed by atoms with E-state index in [9.17, 15) is 14.0 Å². The lowest BCUT2D eigenvalue weighted by atomic mass is 10.3. The molecule has 0 bridgehead atoms. The van der Waals surface area contributed by atoms with E-state index in [1.165, 1.54) is 12.1 Å². The van der Waals surface area contributed by atoms with E-state index in [0.29, 0.717) is 4.70 Å². The Kier molecular flexibility index (Phi) is 2.28. The van der Waals surface area contributed by atoms with Crippen molar-refractivity contribution in [1.82, 2.24) is 4.57 Å². The van der Waals surface area contributed by atoms with Crippen LogP contribution in [0.5, 0.6) is 0 Å². The molecule has 0 aliphatic carbocycles. The molecule has 0 fully saturated rings. The molecule has 0 aliphatic heterocycles. The molecule has 0 radical (unpaired) electrons. The average Bonchev–Trinajstić information content (AvgIpc) is 2.43. The first-order valence-corrected chi connectivity index (χ1v) is 4.91. The van der Waals surface area contributed by atoms with Gasteiger partial charge >= 0.3 is 10.8 Å². The number of hydrogen-bond donors (Lipinski definition) is 1. The first-order chi connectivity index (χ1) is 7.09. The molecular weight excluding hydrogens is 221 g/mol. The van der Waals surface area contributed by atoms with Crippen LogP contribution in [-0.4, -0.2) is 15.6 Å². The smallest absolute Gasteiger partial charge is 0.323 e. The second kappa shape index (κ2) is 3.47. The van der Waals surface area contributed by atoms with Crippen molar-refractivity contribution in [2.75, 3.05) is 0 Å². The number of halogens is 1. The number of carbonyl (C=O) groups is 1. The third kappa shape index (κ3) is 1.63. The highest BCUT2D eigenvalue weighted by molar-refractivity contribution is 7.16. The highest BCUT2D eigenvalue weighted by atomic mass is 32.1. The highest BCUT2D eigenvalue weighted by Gasteiger charge is 2.13. The van der Waals surface area contributed by atoms with Crippen LogP contribution >= 0.6 is 11.3 Å². The molecule has 2 rings (SSSR count). The second-order valence-electron chi connectivity index (χ2n) is 2.93. The molecule has 2 aromatic rings. The minimum atomic E-state index is -1.17. The van der Waals surface area contributed by atoms with Gasteiger partial charge in [0.1, 0.15) is 12.4 Å². The van der Waals surface area contributed by atoms with Gasteiger partial charge in [0.2, 0.25) is 0 Å². The summed E-state index contributed by atoms with van der Waals surface area (Å²) in [6.45, 7) is -0.514. The zero-order valence-electron chi connectivity index (χ0n) is 7.44. The molecule has 1 aromatic carbocycles. The van der Waals surface area contributed by atoms with Crippen molar-refractivity contribution in [2.45, 2.75) is 6.54 Å². The number of thiazole rings is 1. The van der Waals surface area contributed by atoms with Crippen molar-refractivity contribution >= 4 is 27.5 Å². The van der Waals surface area contributed by atoms with Crippen LogP contribution in [0.15, 0.2) is 23.0 Å². The van der Waals surface area contributed by atoms with Gasteiger partial charge in [0, 0.05) is 0 Å². The molecule has 0 aliphatic rings. The molecule has 6 heteroatoms. The van der Waals surface area contributed by atoms with Gasteiger partial charge < -0.3 is 5.11 Å². The summed E-state index contributed by atoms with van der Waals surface area (Å²) in [6, 6.07) is 4.27. The van der Waals surface area contributed by atoms with Crippen LogP contribution in [0, 0.1) is 5.82 Å². The first-order valence-electron chi connectivity index (χ1n) is 4.09. The minimum absolute atomic E-state index is 0.0647. The van der Waals surface area contributed by atoms with Crippen LogP contribution in [0.3, 0.4) is 0 Å². The number of hydrogen-bond acceptors (Lipinski definition) is 3. The number of para-hydroxylation sites is 1. The molecule has 1 N–H and O–H groups in total. The van der Waals surface area contributed by atoms with Crippen molar-refractivity contribution < 1.29 is 14.3 Å². The molecule has 0 saturated carbocycles. The molecule has 4 nitrogen and oxygen atoms in total. The van der Waals surface area contributed by atoms with Crippen LogP contribution in [0.1, 0.15) is 0 Å². The lowest BCUT2D eigenvalue weighted by Gasteiger charge is -1.99. The van der Waals surface area contributed by atoms with Gasteiger partial charge in [-0.3, -0.25) is 14.2 Å². The maximum absolute atomic E-state index is 13.4. The number of fused-ring (bicyclic) bond motifs is 1. The Morgan fingerprint density at radius 3 is 2.93 bits per heavy atom. The molecule has 0 atom stereocenters. The van der Waals surface area contributed by atoms with Crippen molar-refractivity contribution in [3.8, 4) is 0 Å². The summed E-state index contributed by atoms with van der Waals surface area (Å²) in [7, 11) is 0. The van der Waals surface area contributed by atoms with Gasteiger partial charge in [-0.1, -0.05) is 17.4 Å². The predicted molar refractivity (Wildman–Crippen MR) is 53.7 cm³/mol. The number of rotatable bonds is 2. The molecule has 0 unspecified atom stereocenters. The average molecular weight is 227 g/mol. The van der Waals surface area contributed by atoms with Crippen LogP contribution < -0.4 is 4.87 Å². The predicted octanol–water partition coefficient (Wildman–Crippen LogP) is 1.29. The zero-order chi connectivity index (χ0) is 11.0. The highest BCUT2D eigenvalue weighted by Crippen LogP contribution is 2.19. The van der Waals surface area contributed by atoms with Gasteiger partial charge in [0.05, 0.1) is 10.2 Å². The molecule has 0 spiro atoms. The number of benzene rings is 1. The molecule has 15 heavy (non-hydrogen) atoms. The zero-order valence-corrected chi connectivity index (χ0v) is 8.25. The standard InChI is InChI=1S/C9H6FNO3S/c10-5-2-1-3-6-8(5)11(4-7(12)13)9(14)15-6/h1-3H,4H2,(H,12,13). The van der Waals surface area contributed by atoms with Gasteiger partial charge in [0.25, 0.3) is 0 Å². The Balaban J connectivity index is 2.76. The molecule has 78 valence electrons. The summed E-state index contributed by atoms with van der Waals surface area (Å²) in [6.07, 6.45) is 0. The lowest BCUT2D eigenvalue weighted by molar-refractivity contribution is -0.137. The molecule has 0 amide bonds. The van der Waals surface area contributed by atoms with E-state index < -0.39 is 23.2 Å². The third-order valence-electron chi connectivity index (χ3n) is 1.93. The minimum Gasteiger partial charge on any atom is -0.480 e. The molecular formula is C9H6FNO3S. The Hall–Kier alpha value is -1.69. The van der Waals surface area contributed by atoms with Crippen molar-refractivity contribution in [3.05, 3.63) is 33.7 Å². The fraction of sp³-hybridized carbons (Fsp3) is 0.111. The topological polar surface area (TPSA) is 59.3 Å². The first kappa shape index (κ1) is 9.85. The van der Waals surface area contributed by atoms with E-state index in [1.807, 2.05) is 0 Å². The van der Waals surface area contributed by atoms with E-state index in [1.54, 1.807) is 6.07 Å². The molecule has 1 aromatic heterocycles. The Labute approximate surface area is 87.2 Å². The maximum atomic E-state index is 13.4. The summed E-state index contributed by atoms with van der Waals surface area (Å²) in [4.78, 5) is 21.4. The summed E-state index contributed by atoms with van der Waals surface area (Å²) >= 11 is 0.839. The van der Waals surface area contributed by atoms with E-state index >= 15 is 0 Å². The van der Waals surface area contributed by atoms with E-state index in [4.69, 9.17) is 5.11 Å². The number of aromatic nitrogens is 1.